The van der Waals surface area contributed by atoms with Gasteiger partial charge in [-0.05, 0) is 30.7 Å². The lowest BCUT2D eigenvalue weighted by Gasteiger charge is -2.21. The number of anilines is 1. The van der Waals surface area contributed by atoms with Crippen LogP contribution in [0.3, 0.4) is 0 Å². The van der Waals surface area contributed by atoms with Gasteiger partial charge in [0.15, 0.2) is 0 Å². The molecule has 1 amide bonds. The maximum absolute atomic E-state index is 12.2. The molecule has 0 aliphatic rings. The first-order valence-corrected chi connectivity index (χ1v) is 7.71. The molecule has 0 saturated heterocycles. The van der Waals surface area contributed by atoms with E-state index in [0.717, 1.165) is 23.4 Å². The molecule has 0 atom stereocenters. The summed E-state index contributed by atoms with van der Waals surface area (Å²) in [6, 6.07) is 7.56. The molecule has 1 aromatic heterocycles. The van der Waals surface area contributed by atoms with E-state index in [4.69, 9.17) is 4.42 Å². The third kappa shape index (κ3) is 3.56. The molecule has 0 saturated carbocycles. The van der Waals surface area contributed by atoms with Crippen LogP contribution >= 0.6 is 0 Å². The van der Waals surface area contributed by atoms with E-state index >= 15 is 0 Å². The van der Waals surface area contributed by atoms with Crippen LogP contribution in [0.25, 0.3) is 11.5 Å². The lowest BCUT2D eigenvalue weighted by Crippen LogP contribution is -2.29. The Bertz CT molecular complexity index is 639. The first-order valence-electron chi connectivity index (χ1n) is 7.71. The number of carbonyl (C=O) groups excluding carboxylic acids is 1. The van der Waals surface area contributed by atoms with Gasteiger partial charge >= 0.3 is 0 Å². The topological polar surface area (TPSA) is 55.1 Å². The summed E-state index contributed by atoms with van der Waals surface area (Å²) in [7, 11) is 0. The fraction of sp³-hybridized carbons (Fsp3) is 0.444. The van der Waals surface area contributed by atoms with Crippen LogP contribution < -0.4 is 5.32 Å². The number of oxazole rings is 1. The van der Waals surface area contributed by atoms with Crippen molar-refractivity contribution in [3.05, 3.63) is 36.2 Å². The summed E-state index contributed by atoms with van der Waals surface area (Å²) in [6.07, 6.45) is 2.56. The van der Waals surface area contributed by atoms with Gasteiger partial charge in [-0.15, -0.1) is 0 Å². The lowest BCUT2D eigenvalue weighted by atomic mass is 9.89. The first kappa shape index (κ1) is 16.3. The predicted molar refractivity (Wildman–Crippen MR) is 88.7 cm³/mol. The zero-order valence-corrected chi connectivity index (χ0v) is 13.9. The molecule has 118 valence electrons. The molecule has 0 bridgehead atoms. The number of nitrogens with one attached hydrogen (secondary N) is 1. The first-order chi connectivity index (χ1) is 10.3. The van der Waals surface area contributed by atoms with Gasteiger partial charge in [-0.25, -0.2) is 4.98 Å². The minimum Gasteiger partial charge on any atom is -0.441 e. The molecule has 0 aliphatic heterocycles. The third-order valence-electron chi connectivity index (χ3n) is 3.98. The molecular formula is C18H24N2O2. The third-order valence-corrected chi connectivity index (χ3v) is 3.98. The van der Waals surface area contributed by atoms with E-state index in [2.05, 4.69) is 24.1 Å². The summed E-state index contributed by atoms with van der Waals surface area (Å²) < 4.78 is 5.73. The minimum atomic E-state index is -0.368. The molecule has 0 unspecified atom stereocenters. The minimum absolute atomic E-state index is 0.0287. The standard InChI is InChI=1S/C18H24N2O2/c1-6-18(4,5)17(21)20-14-9-7-13(8-10-14)16-19-11-15(22-16)12(2)3/h7-12H,6H2,1-5H3,(H,20,21). The molecule has 1 aromatic carbocycles. The molecule has 2 rings (SSSR count). The van der Waals surface area contributed by atoms with Crippen molar-refractivity contribution in [2.75, 3.05) is 5.32 Å². The second-order valence-electron chi connectivity index (χ2n) is 6.49. The zero-order chi connectivity index (χ0) is 16.3. The summed E-state index contributed by atoms with van der Waals surface area (Å²) in [5, 5.41) is 2.95. The number of aromatic nitrogens is 1. The second-order valence-corrected chi connectivity index (χ2v) is 6.49. The molecule has 1 N–H and O–H groups in total. The zero-order valence-electron chi connectivity index (χ0n) is 13.9. The summed E-state index contributed by atoms with van der Waals surface area (Å²) in [6.45, 7) is 10.0. The monoisotopic (exact) mass is 300 g/mol. The summed E-state index contributed by atoms with van der Waals surface area (Å²) in [5.41, 5.74) is 1.32. The molecule has 0 aliphatic carbocycles. The largest absolute Gasteiger partial charge is 0.441 e. The Morgan fingerprint density at radius 2 is 1.91 bits per heavy atom. The van der Waals surface area contributed by atoms with Gasteiger partial charge < -0.3 is 9.73 Å². The molecular weight excluding hydrogens is 276 g/mol. The van der Waals surface area contributed by atoms with Gasteiger partial charge in [0.05, 0.1) is 6.20 Å². The van der Waals surface area contributed by atoms with E-state index < -0.39 is 0 Å². The van der Waals surface area contributed by atoms with Crippen molar-refractivity contribution in [2.24, 2.45) is 5.41 Å². The van der Waals surface area contributed by atoms with E-state index in [0.29, 0.717) is 11.8 Å². The Labute approximate surface area is 131 Å². The second kappa shape index (κ2) is 6.34. The lowest BCUT2D eigenvalue weighted by molar-refractivity contribution is -0.124. The van der Waals surface area contributed by atoms with Crippen LogP contribution in [0.4, 0.5) is 5.69 Å². The molecule has 0 spiro atoms. The maximum atomic E-state index is 12.2. The van der Waals surface area contributed by atoms with Crippen molar-refractivity contribution < 1.29 is 9.21 Å². The van der Waals surface area contributed by atoms with Gasteiger partial charge in [-0.3, -0.25) is 4.79 Å². The fourth-order valence-corrected chi connectivity index (χ4v) is 1.84. The Morgan fingerprint density at radius 1 is 1.27 bits per heavy atom. The van der Waals surface area contributed by atoms with E-state index in [1.807, 2.05) is 45.0 Å². The number of hydrogen-bond donors (Lipinski definition) is 1. The molecule has 2 aromatic rings. The number of amides is 1. The summed E-state index contributed by atoms with van der Waals surface area (Å²) in [5.74, 6) is 1.82. The quantitative estimate of drug-likeness (QED) is 0.859. The van der Waals surface area contributed by atoms with Gasteiger partial charge in [0.1, 0.15) is 5.76 Å². The van der Waals surface area contributed by atoms with Crippen molar-refractivity contribution in [3.63, 3.8) is 0 Å². The van der Waals surface area contributed by atoms with E-state index in [1.165, 1.54) is 0 Å². The van der Waals surface area contributed by atoms with Crippen LogP contribution in [0.2, 0.25) is 0 Å². The van der Waals surface area contributed by atoms with Gasteiger partial charge in [0.25, 0.3) is 0 Å². The molecule has 4 nitrogen and oxygen atoms in total. The molecule has 22 heavy (non-hydrogen) atoms. The number of carbonyl (C=O) groups is 1. The molecule has 1 heterocycles. The van der Waals surface area contributed by atoms with Crippen LogP contribution in [-0.2, 0) is 4.79 Å². The number of rotatable bonds is 5. The SMILES string of the molecule is CCC(C)(C)C(=O)Nc1ccc(-c2ncc(C(C)C)o2)cc1. The highest BCUT2D eigenvalue weighted by Crippen LogP contribution is 2.26. The van der Waals surface area contributed by atoms with Gasteiger partial charge in [-0.1, -0.05) is 34.6 Å². The van der Waals surface area contributed by atoms with Crippen LogP contribution in [-0.4, -0.2) is 10.9 Å². The van der Waals surface area contributed by atoms with Crippen molar-refractivity contribution in [3.8, 4) is 11.5 Å². The Kier molecular flexibility index (Phi) is 4.69. The van der Waals surface area contributed by atoms with Gasteiger partial charge in [0, 0.05) is 22.6 Å². The number of benzene rings is 1. The van der Waals surface area contributed by atoms with Crippen LogP contribution in [0.15, 0.2) is 34.9 Å². The number of nitrogens with zero attached hydrogens (tertiary/aromatic N) is 1. The van der Waals surface area contributed by atoms with Crippen LogP contribution in [0, 0.1) is 5.41 Å². The van der Waals surface area contributed by atoms with E-state index in [1.54, 1.807) is 6.20 Å². The van der Waals surface area contributed by atoms with E-state index in [-0.39, 0.29) is 11.3 Å². The Hall–Kier alpha value is -2.10. The molecule has 0 fully saturated rings. The van der Waals surface area contributed by atoms with Crippen molar-refractivity contribution >= 4 is 11.6 Å². The summed E-state index contributed by atoms with van der Waals surface area (Å²) >= 11 is 0. The summed E-state index contributed by atoms with van der Waals surface area (Å²) in [4.78, 5) is 16.5. The average molecular weight is 300 g/mol. The molecule has 4 heteroatoms. The van der Waals surface area contributed by atoms with Crippen LogP contribution in [0.1, 0.15) is 52.7 Å². The van der Waals surface area contributed by atoms with Crippen molar-refractivity contribution in [2.45, 2.75) is 47.0 Å². The highest BCUT2D eigenvalue weighted by molar-refractivity contribution is 5.94. The van der Waals surface area contributed by atoms with Crippen molar-refractivity contribution in [1.29, 1.82) is 0 Å². The van der Waals surface area contributed by atoms with Crippen LogP contribution in [0.5, 0.6) is 0 Å². The Balaban J connectivity index is 2.11. The van der Waals surface area contributed by atoms with Gasteiger partial charge in [-0.2, -0.15) is 0 Å². The fourth-order valence-electron chi connectivity index (χ4n) is 1.84. The van der Waals surface area contributed by atoms with E-state index in [9.17, 15) is 4.79 Å². The molecule has 0 radical (unpaired) electrons. The normalized spacial score (nSPS) is 11.7. The van der Waals surface area contributed by atoms with Gasteiger partial charge in [0.2, 0.25) is 11.8 Å². The highest BCUT2D eigenvalue weighted by Gasteiger charge is 2.25. The maximum Gasteiger partial charge on any atom is 0.230 e. The van der Waals surface area contributed by atoms with Crippen molar-refractivity contribution in [1.82, 2.24) is 4.98 Å². The Morgan fingerprint density at radius 3 is 2.41 bits per heavy atom. The average Bonchev–Trinajstić information content (AvgIpc) is 2.98. The smallest absolute Gasteiger partial charge is 0.230 e. The highest BCUT2D eigenvalue weighted by atomic mass is 16.4. The predicted octanol–water partition coefficient (Wildman–Crippen LogP) is 4.84. The number of hydrogen-bond acceptors (Lipinski definition) is 3.